The quantitative estimate of drug-likeness (QED) is 0.148. The van der Waals surface area contributed by atoms with Crippen molar-refractivity contribution in [1.82, 2.24) is 45.6 Å². The molecular weight excluding hydrogens is 803 g/mol. The molecule has 16 nitrogen and oxygen atoms in total. The molecule has 9 atom stereocenters. The van der Waals surface area contributed by atoms with Crippen molar-refractivity contribution >= 4 is 29.5 Å². The summed E-state index contributed by atoms with van der Waals surface area (Å²) in [6, 6.07) is 6.50. The van der Waals surface area contributed by atoms with Crippen LogP contribution >= 0.6 is 0 Å². The fourth-order valence-electron chi connectivity index (χ4n) is 8.78. The molecule has 1 aliphatic rings. The van der Waals surface area contributed by atoms with Gasteiger partial charge in [0.25, 0.3) is 0 Å². The molecule has 0 radical (unpaired) electrons. The van der Waals surface area contributed by atoms with Gasteiger partial charge in [0.1, 0.15) is 17.8 Å². The van der Waals surface area contributed by atoms with Crippen LogP contribution in [-0.2, 0) is 52.0 Å². The van der Waals surface area contributed by atoms with Gasteiger partial charge in [0, 0.05) is 34.2 Å². The predicted octanol–water partition coefficient (Wildman–Crippen LogP) is 4.02. The summed E-state index contributed by atoms with van der Waals surface area (Å²) in [4.78, 5) is 75.4. The van der Waals surface area contributed by atoms with Crippen molar-refractivity contribution in [3.8, 4) is 0 Å². The molecule has 354 valence electrons. The number of nitrogens with one attached hydrogen (secondary N) is 3. The SMILES string of the molecule is CC[C@H](C)[C@@H]([C@@H](CC(=O)N1CCC[C@H]1[C@H](OC)[C@@H](C)C(=O)N[C@@H](Cc1ccccc1)C(=O)NCc1cn(C(C)(C)C)nn1)OC)N(C)C(=O)[C@@H](NC(=O)[C@H](C(C)C)N(C)C)C(C)C. The van der Waals surface area contributed by atoms with E-state index in [1.165, 1.54) is 7.11 Å². The van der Waals surface area contributed by atoms with Crippen molar-refractivity contribution in [2.24, 2.45) is 23.7 Å². The Balaban J connectivity index is 1.80. The van der Waals surface area contributed by atoms with Gasteiger partial charge in [-0.3, -0.25) is 28.9 Å². The number of likely N-dealkylation sites (N-methyl/N-ethyl adjacent to an activating group) is 2. The van der Waals surface area contributed by atoms with Gasteiger partial charge in [-0.05, 0) is 71.0 Å². The summed E-state index contributed by atoms with van der Waals surface area (Å²) < 4.78 is 13.8. The molecule has 16 heteroatoms. The molecule has 1 aromatic carbocycles. The highest BCUT2D eigenvalue weighted by Crippen LogP contribution is 2.30. The Kier molecular flexibility index (Phi) is 20.2. The van der Waals surface area contributed by atoms with E-state index >= 15 is 0 Å². The molecule has 0 aliphatic carbocycles. The number of aromatic nitrogens is 3. The molecule has 3 rings (SSSR count). The Morgan fingerprint density at radius 3 is 2.06 bits per heavy atom. The highest BCUT2D eigenvalue weighted by Gasteiger charge is 2.43. The number of ether oxygens (including phenoxy) is 2. The molecule has 1 aromatic heterocycles. The van der Waals surface area contributed by atoms with Crippen molar-refractivity contribution in [2.45, 2.75) is 156 Å². The molecule has 0 spiro atoms. The third-order valence-corrected chi connectivity index (χ3v) is 12.5. The van der Waals surface area contributed by atoms with Crippen molar-refractivity contribution in [2.75, 3.05) is 41.9 Å². The number of nitrogens with zero attached hydrogens (tertiary/aromatic N) is 6. The van der Waals surface area contributed by atoms with E-state index in [2.05, 4.69) is 26.3 Å². The average molecular weight is 882 g/mol. The third kappa shape index (κ3) is 14.3. The predicted molar refractivity (Wildman–Crippen MR) is 244 cm³/mol. The highest BCUT2D eigenvalue weighted by molar-refractivity contribution is 5.90. The summed E-state index contributed by atoms with van der Waals surface area (Å²) in [6.45, 7) is 20.3. The minimum absolute atomic E-state index is 0.00572. The Morgan fingerprint density at radius 2 is 1.54 bits per heavy atom. The number of amides is 5. The van der Waals surface area contributed by atoms with E-state index in [-0.39, 0.29) is 72.2 Å². The third-order valence-electron chi connectivity index (χ3n) is 12.5. The first kappa shape index (κ1) is 52.9. The molecule has 5 amide bonds. The number of likely N-dealkylation sites (tertiary alicyclic amines) is 1. The maximum absolute atomic E-state index is 14.4. The van der Waals surface area contributed by atoms with Gasteiger partial charge in [0.2, 0.25) is 29.5 Å². The molecule has 3 N–H and O–H groups in total. The second-order valence-electron chi connectivity index (χ2n) is 19.3. The summed E-state index contributed by atoms with van der Waals surface area (Å²) >= 11 is 0. The molecule has 2 aromatic rings. The van der Waals surface area contributed by atoms with Crippen molar-refractivity contribution in [1.29, 1.82) is 0 Å². The van der Waals surface area contributed by atoms with E-state index in [4.69, 9.17) is 9.47 Å². The van der Waals surface area contributed by atoms with Gasteiger partial charge < -0.3 is 35.2 Å². The zero-order valence-electron chi connectivity index (χ0n) is 40.8. The van der Waals surface area contributed by atoms with Crippen LogP contribution in [0, 0.1) is 23.7 Å². The Morgan fingerprint density at radius 1 is 0.889 bits per heavy atom. The number of carbonyl (C=O) groups is 5. The monoisotopic (exact) mass is 882 g/mol. The molecule has 2 heterocycles. The van der Waals surface area contributed by atoms with Gasteiger partial charge in [-0.25, -0.2) is 4.68 Å². The van der Waals surface area contributed by atoms with Crippen LogP contribution in [0.4, 0.5) is 0 Å². The van der Waals surface area contributed by atoms with Crippen LogP contribution in [0.2, 0.25) is 0 Å². The second-order valence-corrected chi connectivity index (χ2v) is 19.3. The van der Waals surface area contributed by atoms with E-state index in [0.717, 1.165) is 12.0 Å². The van der Waals surface area contributed by atoms with Gasteiger partial charge in [-0.2, -0.15) is 0 Å². The standard InChI is InChI=1S/C47H79N9O7/c1-16-31(6)41(54(13)46(61)39(29(2)3)50-45(60)40(30(4)5)53(11)12)37(62-14)26-38(57)55-24-20-23-36(55)42(63-15)32(7)43(58)49-35(25-33-21-18-17-19-22-33)44(59)48-27-34-28-56(52-51-34)47(8,9)10/h17-19,21-22,28-32,35-37,39-42H,16,20,23-27H2,1-15H3,(H,48,59)(H,49,58)(H,50,60)/t31-,32+,35-,36-,37+,39-,40-,41-,42+/m0/s1. The first-order valence-electron chi connectivity index (χ1n) is 22.7. The lowest BCUT2D eigenvalue weighted by Crippen LogP contribution is -2.59. The summed E-state index contributed by atoms with van der Waals surface area (Å²) in [5.41, 5.74) is 1.20. The maximum Gasteiger partial charge on any atom is 0.245 e. The number of methoxy groups -OCH3 is 2. The fraction of sp³-hybridized carbons (Fsp3) is 0.723. The summed E-state index contributed by atoms with van der Waals surface area (Å²) in [5, 5.41) is 17.4. The van der Waals surface area contributed by atoms with Crippen LogP contribution < -0.4 is 16.0 Å². The Hall–Kier alpha value is -4.41. The number of hydrogen-bond donors (Lipinski definition) is 3. The first-order chi connectivity index (χ1) is 29.6. The minimum Gasteiger partial charge on any atom is -0.379 e. The summed E-state index contributed by atoms with van der Waals surface area (Å²) in [7, 11) is 8.53. The molecular formula is C47H79N9O7. The van der Waals surface area contributed by atoms with Gasteiger partial charge in [-0.15, -0.1) is 5.10 Å². The van der Waals surface area contributed by atoms with Crippen molar-refractivity contribution in [3.63, 3.8) is 0 Å². The van der Waals surface area contributed by atoms with E-state index in [1.807, 2.05) is 112 Å². The van der Waals surface area contributed by atoms with Crippen LogP contribution in [0.25, 0.3) is 0 Å². The van der Waals surface area contributed by atoms with E-state index in [1.54, 1.807) is 41.8 Å². The number of carbonyl (C=O) groups excluding carboxylic acids is 5. The Bertz CT molecular complexity index is 1770. The van der Waals surface area contributed by atoms with Crippen molar-refractivity contribution in [3.05, 3.63) is 47.8 Å². The fourth-order valence-corrected chi connectivity index (χ4v) is 8.78. The maximum atomic E-state index is 14.4. The molecule has 0 bridgehead atoms. The zero-order valence-corrected chi connectivity index (χ0v) is 40.8. The lowest BCUT2D eigenvalue weighted by atomic mass is 9.89. The minimum atomic E-state index is -0.897. The molecule has 0 unspecified atom stereocenters. The lowest BCUT2D eigenvalue weighted by molar-refractivity contribution is -0.148. The normalized spacial score (nSPS) is 18.3. The van der Waals surface area contributed by atoms with Gasteiger partial charge in [0.05, 0.1) is 61.0 Å². The molecule has 63 heavy (non-hydrogen) atoms. The molecule has 1 aliphatic heterocycles. The highest BCUT2D eigenvalue weighted by atomic mass is 16.5. The number of hydrogen-bond acceptors (Lipinski definition) is 10. The molecule has 0 saturated carbocycles. The zero-order chi connectivity index (χ0) is 47.3. The van der Waals surface area contributed by atoms with Crippen LogP contribution in [0.15, 0.2) is 36.5 Å². The van der Waals surface area contributed by atoms with Crippen LogP contribution in [-0.4, -0.2) is 144 Å². The van der Waals surface area contributed by atoms with Crippen LogP contribution in [0.1, 0.15) is 106 Å². The summed E-state index contributed by atoms with van der Waals surface area (Å²) in [5.74, 6) is -2.30. The van der Waals surface area contributed by atoms with E-state index in [0.29, 0.717) is 25.1 Å². The largest absolute Gasteiger partial charge is 0.379 e. The number of rotatable bonds is 23. The average Bonchev–Trinajstić information content (AvgIpc) is 3.92. The smallest absolute Gasteiger partial charge is 0.245 e. The van der Waals surface area contributed by atoms with Crippen LogP contribution in [0.3, 0.4) is 0 Å². The summed E-state index contributed by atoms with van der Waals surface area (Å²) in [6.07, 6.45) is 2.77. The Labute approximate surface area is 376 Å². The van der Waals surface area contributed by atoms with Crippen LogP contribution in [0.5, 0.6) is 0 Å². The lowest BCUT2D eigenvalue weighted by Gasteiger charge is -2.41. The first-order valence-corrected chi connectivity index (χ1v) is 22.7. The van der Waals surface area contributed by atoms with Gasteiger partial charge in [-0.1, -0.05) is 90.4 Å². The molecule has 1 fully saturated rings. The van der Waals surface area contributed by atoms with E-state index in [9.17, 15) is 24.0 Å². The molecule has 1 saturated heterocycles. The van der Waals surface area contributed by atoms with Crippen molar-refractivity contribution < 1.29 is 33.4 Å². The van der Waals surface area contributed by atoms with Gasteiger partial charge >= 0.3 is 0 Å². The van der Waals surface area contributed by atoms with E-state index < -0.39 is 48.3 Å². The topological polar surface area (TPSA) is 180 Å². The number of benzene rings is 1. The second kappa shape index (κ2) is 24.0. The van der Waals surface area contributed by atoms with Gasteiger partial charge in [0.15, 0.2) is 0 Å².